The molecule has 29 heavy (non-hydrogen) atoms. The van der Waals surface area contributed by atoms with Crippen molar-refractivity contribution in [2.75, 3.05) is 31.4 Å². The number of nitrogens with two attached hydrogens (primary N) is 1. The van der Waals surface area contributed by atoms with Gasteiger partial charge in [0.05, 0.1) is 25.6 Å². The standard InChI is InChI=1S/C23H25N3O3/c1-28-21-13-8-17(16-22(21)29-2)14-15-25-23(27)26(19-6-4-3-5-7-19)20-11-9-18(24)10-12-20/h3-13,16H,14-15,24H2,1-2H3,(H,25,27). The first-order chi connectivity index (χ1) is 14.1. The van der Waals surface area contributed by atoms with Crippen LogP contribution in [0.1, 0.15) is 5.56 Å². The number of hydrogen-bond donors (Lipinski definition) is 2. The van der Waals surface area contributed by atoms with E-state index in [1.807, 2.05) is 60.7 Å². The molecular weight excluding hydrogens is 366 g/mol. The van der Waals surface area contributed by atoms with E-state index in [2.05, 4.69) is 5.32 Å². The fourth-order valence-corrected chi connectivity index (χ4v) is 3.01. The van der Waals surface area contributed by atoms with Gasteiger partial charge in [0, 0.05) is 12.2 Å². The summed E-state index contributed by atoms with van der Waals surface area (Å²) < 4.78 is 10.6. The topological polar surface area (TPSA) is 76.8 Å². The fourth-order valence-electron chi connectivity index (χ4n) is 3.01. The normalized spacial score (nSPS) is 10.3. The highest BCUT2D eigenvalue weighted by Gasteiger charge is 2.17. The Morgan fingerprint density at radius 2 is 1.55 bits per heavy atom. The molecule has 3 aromatic carbocycles. The second kappa shape index (κ2) is 9.50. The van der Waals surface area contributed by atoms with Crippen molar-refractivity contribution in [3.63, 3.8) is 0 Å². The average molecular weight is 391 g/mol. The molecule has 3 aromatic rings. The highest BCUT2D eigenvalue weighted by Crippen LogP contribution is 2.28. The zero-order chi connectivity index (χ0) is 20.6. The van der Waals surface area contributed by atoms with Gasteiger partial charge in [0.15, 0.2) is 11.5 Å². The van der Waals surface area contributed by atoms with Crippen LogP contribution in [-0.2, 0) is 6.42 Å². The molecule has 2 amide bonds. The van der Waals surface area contributed by atoms with Crippen LogP contribution >= 0.6 is 0 Å². The number of methoxy groups -OCH3 is 2. The maximum atomic E-state index is 13.0. The Morgan fingerprint density at radius 1 is 0.897 bits per heavy atom. The van der Waals surface area contributed by atoms with E-state index in [1.165, 1.54) is 0 Å². The summed E-state index contributed by atoms with van der Waals surface area (Å²) in [5.74, 6) is 1.35. The molecule has 0 spiro atoms. The van der Waals surface area contributed by atoms with Crippen LogP contribution in [0.25, 0.3) is 0 Å². The highest BCUT2D eigenvalue weighted by atomic mass is 16.5. The smallest absolute Gasteiger partial charge is 0.326 e. The number of anilines is 3. The van der Waals surface area contributed by atoms with Gasteiger partial charge >= 0.3 is 6.03 Å². The SMILES string of the molecule is COc1ccc(CCNC(=O)N(c2ccccc2)c2ccc(N)cc2)cc1OC. The Kier molecular flexibility index (Phi) is 6.58. The van der Waals surface area contributed by atoms with Gasteiger partial charge in [0.1, 0.15) is 0 Å². The Hall–Kier alpha value is -3.67. The molecule has 0 saturated heterocycles. The van der Waals surface area contributed by atoms with Crippen LogP contribution < -0.4 is 25.4 Å². The van der Waals surface area contributed by atoms with Crippen LogP contribution in [0, 0.1) is 0 Å². The number of urea groups is 1. The summed E-state index contributed by atoms with van der Waals surface area (Å²) in [5.41, 5.74) is 9.01. The van der Waals surface area contributed by atoms with E-state index in [0.717, 1.165) is 16.9 Å². The first kappa shape index (κ1) is 20.1. The molecule has 3 rings (SSSR count). The number of ether oxygens (including phenoxy) is 2. The van der Waals surface area contributed by atoms with Gasteiger partial charge in [-0.2, -0.15) is 0 Å². The van der Waals surface area contributed by atoms with Crippen molar-refractivity contribution in [1.82, 2.24) is 5.32 Å². The number of hydrogen-bond acceptors (Lipinski definition) is 4. The summed E-state index contributed by atoms with van der Waals surface area (Å²) in [4.78, 5) is 14.6. The van der Waals surface area contributed by atoms with Gasteiger partial charge in [-0.05, 0) is 60.5 Å². The van der Waals surface area contributed by atoms with Crippen LogP contribution in [0.15, 0.2) is 72.8 Å². The molecule has 150 valence electrons. The largest absolute Gasteiger partial charge is 0.493 e. The van der Waals surface area contributed by atoms with E-state index >= 15 is 0 Å². The summed E-state index contributed by atoms with van der Waals surface area (Å²) in [6, 6.07) is 22.3. The zero-order valence-electron chi connectivity index (χ0n) is 16.6. The van der Waals surface area contributed by atoms with Crippen molar-refractivity contribution in [1.29, 1.82) is 0 Å². The van der Waals surface area contributed by atoms with Crippen molar-refractivity contribution in [3.05, 3.63) is 78.4 Å². The lowest BCUT2D eigenvalue weighted by atomic mass is 10.1. The van der Waals surface area contributed by atoms with Crippen LogP contribution in [0.4, 0.5) is 21.9 Å². The Morgan fingerprint density at radius 3 is 2.21 bits per heavy atom. The third-order valence-electron chi connectivity index (χ3n) is 4.51. The first-order valence-electron chi connectivity index (χ1n) is 9.32. The van der Waals surface area contributed by atoms with Gasteiger partial charge < -0.3 is 20.5 Å². The number of benzene rings is 3. The van der Waals surface area contributed by atoms with Crippen molar-refractivity contribution in [2.45, 2.75) is 6.42 Å². The second-order valence-corrected chi connectivity index (χ2v) is 6.43. The lowest BCUT2D eigenvalue weighted by Crippen LogP contribution is -2.37. The second-order valence-electron chi connectivity index (χ2n) is 6.43. The minimum Gasteiger partial charge on any atom is -0.493 e. The van der Waals surface area contributed by atoms with E-state index in [-0.39, 0.29) is 6.03 Å². The third-order valence-corrected chi connectivity index (χ3v) is 4.51. The van der Waals surface area contributed by atoms with Crippen molar-refractivity contribution >= 4 is 23.1 Å². The number of carbonyl (C=O) groups is 1. The molecule has 6 nitrogen and oxygen atoms in total. The molecule has 3 N–H and O–H groups in total. The number of para-hydroxylation sites is 1. The summed E-state index contributed by atoms with van der Waals surface area (Å²) in [6.07, 6.45) is 0.663. The molecule has 0 aromatic heterocycles. The van der Waals surface area contributed by atoms with E-state index in [0.29, 0.717) is 30.2 Å². The van der Waals surface area contributed by atoms with E-state index in [4.69, 9.17) is 15.2 Å². The predicted molar refractivity (Wildman–Crippen MR) is 116 cm³/mol. The van der Waals surface area contributed by atoms with E-state index in [1.54, 1.807) is 31.3 Å². The molecule has 6 heteroatoms. The lowest BCUT2D eigenvalue weighted by Gasteiger charge is -2.23. The van der Waals surface area contributed by atoms with Gasteiger partial charge in [-0.25, -0.2) is 4.79 Å². The van der Waals surface area contributed by atoms with Crippen molar-refractivity contribution in [3.8, 4) is 11.5 Å². The number of rotatable bonds is 7. The van der Waals surface area contributed by atoms with Gasteiger partial charge in [-0.15, -0.1) is 0 Å². The number of carbonyl (C=O) groups excluding carboxylic acids is 1. The van der Waals surface area contributed by atoms with E-state index in [9.17, 15) is 4.79 Å². The number of nitrogens with zero attached hydrogens (tertiary/aromatic N) is 1. The Balaban J connectivity index is 1.71. The summed E-state index contributed by atoms with van der Waals surface area (Å²) in [5, 5.41) is 2.99. The molecule has 0 atom stereocenters. The fraction of sp³-hybridized carbons (Fsp3) is 0.174. The first-order valence-corrected chi connectivity index (χ1v) is 9.32. The molecule has 0 radical (unpaired) electrons. The van der Waals surface area contributed by atoms with Gasteiger partial charge in [0.2, 0.25) is 0 Å². The zero-order valence-corrected chi connectivity index (χ0v) is 16.6. The quantitative estimate of drug-likeness (QED) is 0.586. The van der Waals surface area contributed by atoms with Gasteiger partial charge in [0.25, 0.3) is 0 Å². The van der Waals surface area contributed by atoms with E-state index < -0.39 is 0 Å². The van der Waals surface area contributed by atoms with Crippen LogP contribution in [0.5, 0.6) is 11.5 Å². The minimum absolute atomic E-state index is 0.207. The van der Waals surface area contributed by atoms with Crippen molar-refractivity contribution in [2.24, 2.45) is 0 Å². The van der Waals surface area contributed by atoms with Crippen molar-refractivity contribution < 1.29 is 14.3 Å². The monoisotopic (exact) mass is 391 g/mol. The molecule has 0 aliphatic carbocycles. The molecule has 0 unspecified atom stereocenters. The highest BCUT2D eigenvalue weighted by molar-refractivity contribution is 5.99. The maximum Gasteiger partial charge on any atom is 0.326 e. The molecule has 0 heterocycles. The maximum absolute atomic E-state index is 13.0. The van der Waals surface area contributed by atoms with Crippen LogP contribution in [0.3, 0.4) is 0 Å². The number of nitrogens with one attached hydrogen (secondary N) is 1. The number of nitrogen functional groups attached to an aromatic ring is 1. The molecule has 0 saturated carbocycles. The van der Waals surface area contributed by atoms with Gasteiger partial charge in [-0.3, -0.25) is 4.90 Å². The lowest BCUT2D eigenvalue weighted by molar-refractivity contribution is 0.248. The molecular formula is C23H25N3O3. The van der Waals surface area contributed by atoms with Gasteiger partial charge in [-0.1, -0.05) is 24.3 Å². The summed E-state index contributed by atoms with van der Waals surface area (Å²) >= 11 is 0. The molecule has 0 fully saturated rings. The molecule has 0 bridgehead atoms. The minimum atomic E-state index is -0.207. The molecule has 0 aliphatic heterocycles. The summed E-state index contributed by atoms with van der Waals surface area (Å²) in [6.45, 7) is 0.479. The van der Waals surface area contributed by atoms with Crippen LogP contribution in [-0.4, -0.2) is 26.8 Å². The Labute approximate surface area is 170 Å². The number of amides is 2. The average Bonchev–Trinajstić information content (AvgIpc) is 2.76. The van der Waals surface area contributed by atoms with Crippen LogP contribution in [0.2, 0.25) is 0 Å². The summed E-state index contributed by atoms with van der Waals surface area (Å²) in [7, 11) is 3.21. The predicted octanol–water partition coefficient (Wildman–Crippen LogP) is 4.38. The molecule has 0 aliphatic rings. The Bertz CT molecular complexity index is 943. The third kappa shape index (κ3) is 4.99.